The molecule has 0 spiro atoms. The van der Waals surface area contributed by atoms with Crippen molar-refractivity contribution in [2.75, 3.05) is 13.1 Å². The quantitative estimate of drug-likeness (QED) is 0.696. The SMILES string of the molecule is Cc1ccc([C@H]2c3ccsc3CCN2C(=O)CN(C(=O)C2CCC2)C(C)(C)C)cc1. The molecule has 0 bridgehead atoms. The predicted molar refractivity (Wildman–Crippen MR) is 122 cm³/mol. The van der Waals surface area contributed by atoms with Gasteiger partial charge in [-0.2, -0.15) is 0 Å². The molecule has 2 aliphatic rings. The third-order valence-corrected chi connectivity index (χ3v) is 7.50. The lowest BCUT2D eigenvalue weighted by Crippen LogP contribution is -2.54. The van der Waals surface area contributed by atoms with Crippen LogP contribution in [0, 0.1) is 12.8 Å². The zero-order valence-corrected chi connectivity index (χ0v) is 19.3. The van der Waals surface area contributed by atoms with Gasteiger partial charge in [0, 0.05) is 22.9 Å². The summed E-state index contributed by atoms with van der Waals surface area (Å²) >= 11 is 1.78. The second-order valence-electron chi connectivity index (χ2n) is 9.67. The zero-order valence-electron chi connectivity index (χ0n) is 18.5. The summed E-state index contributed by atoms with van der Waals surface area (Å²) in [6.07, 6.45) is 3.90. The summed E-state index contributed by atoms with van der Waals surface area (Å²) in [6, 6.07) is 10.6. The molecular formula is C25H32N2O2S. The van der Waals surface area contributed by atoms with Crippen LogP contribution >= 0.6 is 11.3 Å². The molecule has 2 amide bonds. The average molecular weight is 425 g/mol. The van der Waals surface area contributed by atoms with Crippen molar-refractivity contribution in [3.05, 3.63) is 57.3 Å². The topological polar surface area (TPSA) is 40.6 Å². The third-order valence-electron chi connectivity index (χ3n) is 6.50. The molecule has 30 heavy (non-hydrogen) atoms. The van der Waals surface area contributed by atoms with E-state index in [1.54, 1.807) is 11.3 Å². The third kappa shape index (κ3) is 4.04. The lowest BCUT2D eigenvalue weighted by molar-refractivity contribution is -0.150. The molecule has 2 aromatic rings. The molecule has 0 N–H and O–H groups in total. The minimum atomic E-state index is -0.370. The first-order valence-electron chi connectivity index (χ1n) is 11.0. The van der Waals surface area contributed by atoms with E-state index in [1.807, 2.05) is 30.6 Å². The summed E-state index contributed by atoms with van der Waals surface area (Å²) in [5.74, 6) is 0.275. The van der Waals surface area contributed by atoms with E-state index in [1.165, 1.54) is 16.0 Å². The maximum Gasteiger partial charge on any atom is 0.243 e. The van der Waals surface area contributed by atoms with Crippen molar-refractivity contribution < 1.29 is 9.59 Å². The molecule has 1 aromatic heterocycles. The van der Waals surface area contributed by atoms with Crippen LogP contribution in [-0.4, -0.2) is 40.2 Å². The number of amides is 2. The number of carbonyl (C=O) groups excluding carboxylic acids is 2. The molecule has 1 aliphatic heterocycles. The number of thiophene rings is 1. The minimum Gasteiger partial charge on any atom is -0.330 e. The van der Waals surface area contributed by atoms with Crippen molar-refractivity contribution in [2.24, 2.45) is 5.92 Å². The number of carbonyl (C=O) groups is 2. The van der Waals surface area contributed by atoms with Gasteiger partial charge in [0.2, 0.25) is 11.8 Å². The predicted octanol–water partition coefficient (Wildman–Crippen LogP) is 4.96. The van der Waals surface area contributed by atoms with Crippen molar-refractivity contribution in [1.82, 2.24) is 9.80 Å². The highest BCUT2D eigenvalue weighted by atomic mass is 32.1. The van der Waals surface area contributed by atoms with Gasteiger partial charge < -0.3 is 9.80 Å². The number of rotatable bonds is 4. The van der Waals surface area contributed by atoms with Gasteiger partial charge in [-0.05, 0) is 69.5 Å². The normalized spacial score (nSPS) is 19.2. The largest absolute Gasteiger partial charge is 0.330 e. The van der Waals surface area contributed by atoms with Crippen LogP contribution < -0.4 is 0 Å². The molecule has 2 heterocycles. The van der Waals surface area contributed by atoms with E-state index in [2.05, 4.69) is 42.6 Å². The van der Waals surface area contributed by atoms with Crippen molar-refractivity contribution >= 4 is 23.2 Å². The Morgan fingerprint density at radius 3 is 2.43 bits per heavy atom. The van der Waals surface area contributed by atoms with Gasteiger partial charge in [-0.25, -0.2) is 0 Å². The zero-order chi connectivity index (χ0) is 21.5. The van der Waals surface area contributed by atoms with Gasteiger partial charge in [-0.3, -0.25) is 9.59 Å². The molecule has 160 valence electrons. The van der Waals surface area contributed by atoms with E-state index in [-0.39, 0.29) is 35.9 Å². The molecule has 1 saturated carbocycles. The first-order valence-corrected chi connectivity index (χ1v) is 11.9. The fraction of sp³-hybridized carbons (Fsp3) is 0.520. The molecule has 1 fully saturated rings. The van der Waals surface area contributed by atoms with Gasteiger partial charge in [0.15, 0.2) is 0 Å². The van der Waals surface area contributed by atoms with E-state index < -0.39 is 0 Å². The fourth-order valence-electron chi connectivity index (χ4n) is 4.44. The molecule has 0 saturated heterocycles. The molecule has 0 unspecified atom stereocenters. The van der Waals surface area contributed by atoms with Gasteiger partial charge in [0.1, 0.15) is 6.54 Å². The van der Waals surface area contributed by atoms with Crippen LogP contribution in [0.5, 0.6) is 0 Å². The lowest BCUT2D eigenvalue weighted by atomic mass is 9.83. The number of aryl methyl sites for hydroxylation is 1. The molecule has 0 radical (unpaired) electrons. The number of benzene rings is 1. The Kier molecular flexibility index (Phi) is 5.75. The molecule has 5 heteroatoms. The molecular weight excluding hydrogens is 392 g/mol. The monoisotopic (exact) mass is 424 g/mol. The minimum absolute atomic E-state index is 0.0417. The summed E-state index contributed by atoms with van der Waals surface area (Å²) in [6.45, 7) is 9.02. The number of nitrogens with zero attached hydrogens (tertiary/aromatic N) is 2. The van der Waals surface area contributed by atoms with Crippen LogP contribution in [0.4, 0.5) is 0 Å². The van der Waals surface area contributed by atoms with Crippen LogP contribution in [0.25, 0.3) is 0 Å². The Morgan fingerprint density at radius 2 is 1.83 bits per heavy atom. The van der Waals surface area contributed by atoms with Gasteiger partial charge in [0.25, 0.3) is 0 Å². The van der Waals surface area contributed by atoms with E-state index in [4.69, 9.17) is 0 Å². The Labute approximate surface area is 183 Å². The second kappa shape index (κ2) is 8.18. The average Bonchev–Trinajstić information content (AvgIpc) is 3.12. The fourth-order valence-corrected chi connectivity index (χ4v) is 5.34. The smallest absolute Gasteiger partial charge is 0.243 e. The van der Waals surface area contributed by atoms with Crippen molar-refractivity contribution in [1.29, 1.82) is 0 Å². The van der Waals surface area contributed by atoms with Crippen LogP contribution in [-0.2, 0) is 16.0 Å². The van der Waals surface area contributed by atoms with E-state index >= 15 is 0 Å². The summed E-state index contributed by atoms with van der Waals surface area (Å²) in [7, 11) is 0. The highest BCUT2D eigenvalue weighted by molar-refractivity contribution is 7.10. The summed E-state index contributed by atoms with van der Waals surface area (Å²) < 4.78 is 0. The second-order valence-corrected chi connectivity index (χ2v) is 10.7. The summed E-state index contributed by atoms with van der Waals surface area (Å²) in [4.78, 5) is 31.9. The maximum atomic E-state index is 13.6. The van der Waals surface area contributed by atoms with E-state index in [9.17, 15) is 9.59 Å². The molecule has 1 atom stereocenters. The Bertz CT molecular complexity index is 921. The first-order chi connectivity index (χ1) is 14.3. The highest BCUT2D eigenvalue weighted by Crippen LogP contribution is 2.38. The Balaban J connectivity index is 1.62. The van der Waals surface area contributed by atoms with Gasteiger partial charge >= 0.3 is 0 Å². The van der Waals surface area contributed by atoms with Crippen molar-refractivity contribution in [3.8, 4) is 0 Å². The summed E-state index contributed by atoms with van der Waals surface area (Å²) in [5, 5.41) is 2.13. The van der Waals surface area contributed by atoms with E-state index in [0.29, 0.717) is 6.54 Å². The van der Waals surface area contributed by atoms with E-state index in [0.717, 1.165) is 31.2 Å². The molecule has 4 rings (SSSR count). The highest BCUT2D eigenvalue weighted by Gasteiger charge is 2.39. The van der Waals surface area contributed by atoms with Crippen molar-refractivity contribution in [3.63, 3.8) is 0 Å². The molecule has 1 aromatic carbocycles. The number of hydrogen-bond acceptors (Lipinski definition) is 3. The lowest BCUT2D eigenvalue weighted by Gasteiger charge is -2.42. The van der Waals surface area contributed by atoms with Gasteiger partial charge in [0.05, 0.1) is 6.04 Å². The maximum absolute atomic E-state index is 13.6. The van der Waals surface area contributed by atoms with Gasteiger partial charge in [-0.1, -0.05) is 36.2 Å². The van der Waals surface area contributed by atoms with Crippen LogP contribution in [0.2, 0.25) is 0 Å². The Morgan fingerprint density at radius 1 is 1.13 bits per heavy atom. The Hall–Kier alpha value is -2.14. The molecule has 4 nitrogen and oxygen atoms in total. The first kappa shape index (κ1) is 21.1. The standard InChI is InChI=1S/C25H32N2O2S/c1-17-8-10-18(11-9-17)23-20-13-15-30-21(20)12-14-26(23)22(28)16-27(25(2,3)4)24(29)19-6-5-7-19/h8-11,13,15,19,23H,5-7,12,14,16H2,1-4H3/t23-/m0/s1. The van der Waals surface area contributed by atoms with Crippen molar-refractivity contribution in [2.45, 2.75) is 65.0 Å². The van der Waals surface area contributed by atoms with Gasteiger partial charge in [-0.15, -0.1) is 11.3 Å². The summed E-state index contributed by atoms with van der Waals surface area (Å²) in [5.41, 5.74) is 3.21. The molecule has 1 aliphatic carbocycles. The van der Waals surface area contributed by atoms with Crippen LogP contribution in [0.1, 0.15) is 67.6 Å². The number of fused-ring (bicyclic) bond motifs is 1. The number of hydrogen-bond donors (Lipinski definition) is 0. The van der Waals surface area contributed by atoms with Crippen LogP contribution in [0.15, 0.2) is 35.7 Å². The van der Waals surface area contributed by atoms with Crippen LogP contribution in [0.3, 0.4) is 0 Å².